The largest absolute Gasteiger partial charge is 0.293 e. The molecule has 0 aliphatic heterocycles. The first-order valence-corrected chi connectivity index (χ1v) is 4.74. The van der Waals surface area contributed by atoms with Crippen LogP contribution in [0.25, 0.3) is 5.69 Å². The summed E-state index contributed by atoms with van der Waals surface area (Å²) in [5, 5.41) is 8.20. The average molecular weight is 222 g/mol. The van der Waals surface area contributed by atoms with Crippen molar-refractivity contribution in [2.24, 2.45) is 0 Å². The highest BCUT2D eigenvalue weighted by Crippen LogP contribution is 2.13. The molecule has 0 aliphatic carbocycles. The summed E-state index contributed by atoms with van der Waals surface area (Å²) in [6.07, 6.45) is 1.58. The molecule has 0 saturated heterocycles. The number of halogens is 1. The fraction of sp³-hybridized carbons (Fsp3) is 0.100. The molecule has 2 rings (SSSR count). The number of benzene rings is 1. The van der Waals surface area contributed by atoms with Gasteiger partial charge in [0.1, 0.15) is 5.69 Å². The van der Waals surface area contributed by atoms with E-state index in [9.17, 15) is 4.79 Å². The summed E-state index contributed by atoms with van der Waals surface area (Å²) in [5.74, 6) is -0.108. The van der Waals surface area contributed by atoms with E-state index in [4.69, 9.17) is 11.6 Å². The van der Waals surface area contributed by atoms with E-state index in [2.05, 4.69) is 10.3 Å². The Balaban J connectivity index is 2.41. The van der Waals surface area contributed by atoms with Crippen molar-refractivity contribution < 1.29 is 4.79 Å². The fourth-order valence-corrected chi connectivity index (χ4v) is 1.35. The summed E-state index contributed by atoms with van der Waals surface area (Å²) >= 11 is 5.84. The minimum Gasteiger partial charge on any atom is -0.293 e. The molecule has 76 valence electrons. The van der Waals surface area contributed by atoms with E-state index in [0.717, 1.165) is 5.69 Å². The Kier molecular flexibility index (Phi) is 2.51. The van der Waals surface area contributed by atoms with Crippen LogP contribution in [0.2, 0.25) is 5.02 Å². The normalized spacial score (nSPS) is 10.3. The number of ketones is 1. The van der Waals surface area contributed by atoms with Crippen molar-refractivity contribution in [2.45, 2.75) is 6.92 Å². The molecule has 0 bridgehead atoms. The summed E-state index contributed by atoms with van der Waals surface area (Å²) < 4.78 is 1.52. The van der Waals surface area contributed by atoms with Crippen LogP contribution in [0, 0.1) is 0 Å². The van der Waals surface area contributed by atoms with Gasteiger partial charge in [-0.1, -0.05) is 22.9 Å². The van der Waals surface area contributed by atoms with E-state index >= 15 is 0 Å². The zero-order valence-electron chi connectivity index (χ0n) is 8.01. The van der Waals surface area contributed by atoms with Gasteiger partial charge in [-0.25, -0.2) is 4.68 Å². The van der Waals surface area contributed by atoms with E-state index in [0.29, 0.717) is 10.7 Å². The summed E-state index contributed by atoms with van der Waals surface area (Å²) in [4.78, 5) is 11.0. The molecule has 1 aromatic carbocycles. The van der Waals surface area contributed by atoms with Gasteiger partial charge in [-0.15, -0.1) is 5.10 Å². The monoisotopic (exact) mass is 221 g/mol. The minimum atomic E-state index is -0.108. The summed E-state index contributed by atoms with van der Waals surface area (Å²) in [5.41, 5.74) is 1.12. The van der Waals surface area contributed by atoms with Crippen molar-refractivity contribution in [3.8, 4) is 5.69 Å². The molecule has 2 aromatic rings. The Labute approximate surface area is 91.5 Å². The molecule has 0 N–H and O–H groups in total. The fourth-order valence-electron chi connectivity index (χ4n) is 1.17. The smallest absolute Gasteiger partial charge is 0.181 e. The number of carbonyl (C=O) groups is 1. The van der Waals surface area contributed by atoms with Crippen molar-refractivity contribution in [2.75, 3.05) is 0 Å². The van der Waals surface area contributed by atoms with Gasteiger partial charge in [-0.3, -0.25) is 4.79 Å². The number of rotatable bonds is 2. The van der Waals surface area contributed by atoms with Crippen LogP contribution in [0.3, 0.4) is 0 Å². The molecule has 1 heterocycles. The van der Waals surface area contributed by atoms with Crippen LogP contribution in [0.15, 0.2) is 30.5 Å². The van der Waals surface area contributed by atoms with E-state index in [1.807, 2.05) is 12.1 Å². The Hall–Kier alpha value is -1.68. The van der Waals surface area contributed by atoms with Gasteiger partial charge >= 0.3 is 0 Å². The van der Waals surface area contributed by atoms with Crippen LogP contribution in [-0.2, 0) is 0 Å². The number of nitrogens with zero attached hydrogens (tertiary/aromatic N) is 3. The Morgan fingerprint density at radius 1 is 1.47 bits per heavy atom. The van der Waals surface area contributed by atoms with Gasteiger partial charge in [0.25, 0.3) is 0 Å². The maximum atomic E-state index is 11.0. The molecule has 0 fully saturated rings. The first kappa shape index (κ1) is 9.86. The second-order valence-electron chi connectivity index (χ2n) is 3.08. The topological polar surface area (TPSA) is 47.8 Å². The number of carbonyl (C=O) groups excluding carboxylic acids is 1. The van der Waals surface area contributed by atoms with Gasteiger partial charge in [0, 0.05) is 11.9 Å². The average Bonchev–Trinajstić information content (AvgIpc) is 2.66. The second-order valence-corrected chi connectivity index (χ2v) is 3.52. The van der Waals surface area contributed by atoms with Gasteiger partial charge in [0.05, 0.1) is 11.9 Å². The molecule has 15 heavy (non-hydrogen) atoms. The van der Waals surface area contributed by atoms with Crippen molar-refractivity contribution in [1.82, 2.24) is 15.0 Å². The lowest BCUT2D eigenvalue weighted by atomic mass is 10.3. The maximum absolute atomic E-state index is 11.0. The van der Waals surface area contributed by atoms with Crippen LogP contribution in [-0.4, -0.2) is 20.8 Å². The lowest BCUT2D eigenvalue weighted by Crippen LogP contribution is -1.94. The predicted octanol–water partition coefficient (Wildman–Crippen LogP) is 2.12. The van der Waals surface area contributed by atoms with E-state index in [1.165, 1.54) is 11.6 Å². The molecule has 0 aliphatic rings. The first-order chi connectivity index (χ1) is 7.16. The lowest BCUT2D eigenvalue weighted by Gasteiger charge is -1.98. The van der Waals surface area contributed by atoms with E-state index < -0.39 is 0 Å². The molecule has 0 spiro atoms. The van der Waals surface area contributed by atoms with Crippen molar-refractivity contribution in [3.05, 3.63) is 41.2 Å². The summed E-state index contributed by atoms with van der Waals surface area (Å²) in [6, 6.07) is 7.17. The standard InChI is InChI=1S/C10H8ClN3O/c1-7(15)10-6-14(13-12-10)9-4-2-3-8(11)5-9/h2-6H,1H3. The zero-order chi connectivity index (χ0) is 10.8. The molecule has 1 aromatic heterocycles. The van der Waals surface area contributed by atoms with Gasteiger partial charge < -0.3 is 0 Å². The van der Waals surface area contributed by atoms with Crippen molar-refractivity contribution >= 4 is 17.4 Å². The van der Waals surface area contributed by atoms with Gasteiger partial charge in [-0.05, 0) is 18.2 Å². The van der Waals surface area contributed by atoms with Gasteiger partial charge in [0.2, 0.25) is 0 Å². The number of Topliss-reactive ketones (excluding diaryl/α,β-unsaturated/α-hetero) is 1. The van der Waals surface area contributed by atoms with Crippen LogP contribution in [0.4, 0.5) is 0 Å². The third kappa shape index (κ3) is 2.05. The zero-order valence-corrected chi connectivity index (χ0v) is 8.77. The molecule has 0 radical (unpaired) electrons. The molecular weight excluding hydrogens is 214 g/mol. The third-order valence-electron chi connectivity index (χ3n) is 1.93. The number of aromatic nitrogens is 3. The molecule has 4 nitrogen and oxygen atoms in total. The molecule has 5 heteroatoms. The lowest BCUT2D eigenvalue weighted by molar-refractivity contribution is 0.101. The second kappa shape index (κ2) is 3.82. The Morgan fingerprint density at radius 3 is 2.87 bits per heavy atom. The van der Waals surface area contributed by atoms with Crippen LogP contribution >= 0.6 is 11.6 Å². The first-order valence-electron chi connectivity index (χ1n) is 4.36. The highest BCUT2D eigenvalue weighted by atomic mass is 35.5. The highest BCUT2D eigenvalue weighted by molar-refractivity contribution is 6.30. The maximum Gasteiger partial charge on any atom is 0.181 e. The molecule has 0 atom stereocenters. The quantitative estimate of drug-likeness (QED) is 0.730. The van der Waals surface area contributed by atoms with Gasteiger partial charge in [0.15, 0.2) is 5.78 Å². The third-order valence-corrected chi connectivity index (χ3v) is 2.16. The summed E-state index contributed by atoms with van der Waals surface area (Å²) in [7, 11) is 0. The van der Waals surface area contributed by atoms with E-state index in [-0.39, 0.29) is 5.78 Å². The van der Waals surface area contributed by atoms with Gasteiger partial charge in [-0.2, -0.15) is 0 Å². The number of hydrogen-bond acceptors (Lipinski definition) is 3. The Morgan fingerprint density at radius 2 is 2.27 bits per heavy atom. The van der Waals surface area contributed by atoms with Crippen LogP contribution in [0.5, 0.6) is 0 Å². The summed E-state index contributed by atoms with van der Waals surface area (Å²) in [6.45, 7) is 1.45. The minimum absolute atomic E-state index is 0.108. The van der Waals surface area contributed by atoms with Crippen LogP contribution in [0.1, 0.15) is 17.4 Å². The number of hydrogen-bond donors (Lipinski definition) is 0. The highest BCUT2D eigenvalue weighted by Gasteiger charge is 2.06. The van der Waals surface area contributed by atoms with Crippen molar-refractivity contribution in [1.29, 1.82) is 0 Å². The molecule has 0 saturated carbocycles. The molecular formula is C10H8ClN3O. The Bertz CT molecular complexity index is 507. The van der Waals surface area contributed by atoms with Crippen molar-refractivity contribution in [3.63, 3.8) is 0 Å². The van der Waals surface area contributed by atoms with E-state index in [1.54, 1.807) is 18.3 Å². The molecule has 0 unspecified atom stereocenters. The molecule has 0 amide bonds. The van der Waals surface area contributed by atoms with Crippen LogP contribution < -0.4 is 0 Å². The predicted molar refractivity (Wildman–Crippen MR) is 56.4 cm³/mol. The SMILES string of the molecule is CC(=O)c1cn(-c2cccc(Cl)c2)nn1.